The molecule has 0 aliphatic carbocycles. The molecule has 0 radical (unpaired) electrons. The Hall–Kier alpha value is -3.16. The van der Waals surface area contributed by atoms with Crippen molar-refractivity contribution in [1.82, 2.24) is 4.98 Å². The Morgan fingerprint density at radius 3 is 2.38 bits per heavy atom. The third-order valence-corrected chi connectivity index (χ3v) is 3.89. The molecular weight excluding hydrogens is 340 g/mol. The van der Waals surface area contributed by atoms with Gasteiger partial charge in [-0.3, -0.25) is 14.9 Å². The van der Waals surface area contributed by atoms with E-state index in [0.29, 0.717) is 22.6 Å². The number of ketones is 1. The molecule has 0 fully saturated rings. The maximum absolute atomic E-state index is 12.7. The van der Waals surface area contributed by atoms with E-state index in [0.717, 1.165) is 0 Å². The number of Topliss-reactive ketones (excluding diaryl/α,β-unsaturated/α-hetero) is 1. The van der Waals surface area contributed by atoms with E-state index in [-0.39, 0.29) is 23.8 Å². The number of aromatic amines is 1. The molecule has 138 valence electrons. The zero-order valence-corrected chi connectivity index (χ0v) is 15.0. The number of aryl methyl sites for hydroxylation is 1. The number of hydrogen-bond donors (Lipinski definition) is 1. The number of hydrogen-bond acceptors (Lipinski definition) is 6. The van der Waals surface area contributed by atoms with Crippen molar-refractivity contribution in [2.75, 3.05) is 6.61 Å². The molecule has 0 spiro atoms. The number of carbonyl (C=O) groups is 2. The van der Waals surface area contributed by atoms with Crippen molar-refractivity contribution in [2.45, 2.75) is 33.8 Å². The highest BCUT2D eigenvalue weighted by Crippen LogP contribution is 2.23. The summed E-state index contributed by atoms with van der Waals surface area (Å²) in [6.07, 6.45) is -0.844. The van der Waals surface area contributed by atoms with Crippen LogP contribution in [-0.2, 0) is 4.74 Å². The predicted octanol–water partition coefficient (Wildman–Crippen LogP) is 3.37. The Kier molecular flexibility index (Phi) is 5.76. The first-order valence-electron chi connectivity index (χ1n) is 8.07. The largest absolute Gasteiger partial charge is 0.483 e. The highest BCUT2D eigenvalue weighted by molar-refractivity contribution is 6.03. The van der Waals surface area contributed by atoms with E-state index in [1.807, 2.05) is 0 Å². The van der Waals surface area contributed by atoms with Gasteiger partial charge in [0.15, 0.2) is 6.10 Å². The van der Waals surface area contributed by atoms with Crippen molar-refractivity contribution < 1.29 is 24.0 Å². The number of nitrogens with zero attached hydrogens (tertiary/aromatic N) is 1. The van der Waals surface area contributed by atoms with Gasteiger partial charge in [0, 0.05) is 17.8 Å². The summed E-state index contributed by atoms with van der Waals surface area (Å²) in [5.41, 5.74) is 1.61. The minimum absolute atomic E-state index is 0.0637. The number of benzene rings is 1. The highest BCUT2D eigenvalue weighted by Gasteiger charge is 2.26. The SMILES string of the molecule is CCOC(=O)c1c(C)[nH]c(C(=O)[C@H](C)Oc2ccc([N+](=O)[O-])cc2)c1C. The maximum Gasteiger partial charge on any atom is 0.340 e. The quantitative estimate of drug-likeness (QED) is 0.351. The molecule has 0 saturated heterocycles. The summed E-state index contributed by atoms with van der Waals surface area (Å²) >= 11 is 0. The number of rotatable bonds is 7. The van der Waals surface area contributed by atoms with Crippen LogP contribution in [-0.4, -0.2) is 34.4 Å². The second kappa shape index (κ2) is 7.81. The van der Waals surface area contributed by atoms with Gasteiger partial charge in [0.1, 0.15) is 5.75 Å². The first-order chi connectivity index (χ1) is 12.3. The smallest absolute Gasteiger partial charge is 0.340 e. The van der Waals surface area contributed by atoms with Crippen molar-refractivity contribution in [3.63, 3.8) is 0 Å². The van der Waals surface area contributed by atoms with E-state index < -0.39 is 17.0 Å². The van der Waals surface area contributed by atoms with Gasteiger partial charge in [-0.05, 0) is 45.4 Å². The van der Waals surface area contributed by atoms with Crippen molar-refractivity contribution in [3.05, 3.63) is 56.9 Å². The Morgan fingerprint density at radius 1 is 1.23 bits per heavy atom. The van der Waals surface area contributed by atoms with Crippen LogP contribution in [0.5, 0.6) is 5.75 Å². The minimum Gasteiger partial charge on any atom is -0.483 e. The lowest BCUT2D eigenvalue weighted by molar-refractivity contribution is -0.384. The number of carbonyl (C=O) groups excluding carboxylic acids is 2. The molecule has 26 heavy (non-hydrogen) atoms. The zero-order chi connectivity index (χ0) is 19.4. The van der Waals surface area contributed by atoms with Gasteiger partial charge in [-0.2, -0.15) is 0 Å². The predicted molar refractivity (Wildman–Crippen MR) is 93.7 cm³/mol. The first-order valence-corrected chi connectivity index (χ1v) is 8.07. The molecule has 2 aromatic rings. The van der Waals surface area contributed by atoms with E-state index >= 15 is 0 Å². The topological polar surface area (TPSA) is 112 Å². The summed E-state index contributed by atoms with van der Waals surface area (Å²) in [7, 11) is 0. The second-order valence-electron chi connectivity index (χ2n) is 5.72. The van der Waals surface area contributed by atoms with Gasteiger partial charge in [0.25, 0.3) is 5.69 Å². The van der Waals surface area contributed by atoms with E-state index in [9.17, 15) is 19.7 Å². The molecule has 1 N–H and O–H groups in total. The number of nitro benzene ring substituents is 1. The number of ether oxygens (including phenoxy) is 2. The normalized spacial score (nSPS) is 11.7. The van der Waals surface area contributed by atoms with Crippen LogP contribution in [0.2, 0.25) is 0 Å². The van der Waals surface area contributed by atoms with Crippen molar-refractivity contribution in [3.8, 4) is 5.75 Å². The van der Waals surface area contributed by atoms with Crippen LogP contribution in [0.15, 0.2) is 24.3 Å². The van der Waals surface area contributed by atoms with Crippen LogP contribution in [0.1, 0.15) is 46.0 Å². The van der Waals surface area contributed by atoms with E-state index in [1.54, 1.807) is 27.7 Å². The number of H-pyrrole nitrogens is 1. The van der Waals surface area contributed by atoms with Gasteiger partial charge in [-0.25, -0.2) is 4.79 Å². The molecule has 0 unspecified atom stereocenters. The molecule has 0 aliphatic heterocycles. The number of non-ortho nitro benzene ring substituents is 1. The second-order valence-corrected chi connectivity index (χ2v) is 5.72. The molecule has 2 rings (SSSR count). The fourth-order valence-corrected chi connectivity index (χ4v) is 2.61. The Labute approximate surface area is 150 Å². The van der Waals surface area contributed by atoms with Crippen LogP contribution < -0.4 is 4.74 Å². The third kappa shape index (κ3) is 3.90. The summed E-state index contributed by atoms with van der Waals surface area (Å²) in [6.45, 7) is 6.89. The minimum atomic E-state index is -0.844. The van der Waals surface area contributed by atoms with E-state index in [2.05, 4.69) is 4.98 Å². The Balaban J connectivity index is 2.19. The Bertz CT molecular complexity index is 838. The molecule has 0 aliphatic rings. The summed E-state index contributed by atoms with van der Waals surface area (Å²) in [4.78, 5) is 37.8. The summed E-state index contributed by atoms with van der Waals surface area (Å²) in [5.74, 6) is -0.482. The lowest BCUT2D eigenvalue weighted by atomic mass is 10.1. The lowest BCUT2D eigenvalue weighted by Crippen LogP contribution is -2.25. The molecule has 1 aromatic carbocycles. The van der Waals surface area contributed by atoms with Gasteiger partial charge in [-0.15, -0.1) is 0 Å². The zero-order valence-electron chi connectivity index (χ0n) is 15.0. The molecule has 1 heterocycles. The van der Waals surface area contributed by atoms with Crippen LogP contribution in [0.4, 0.5) is 5.69 Å². The average molecular weight is 360 g/mol. The molecule has 0 amide bonds. The number of nitrogens with one attached hydrogen (secondary N) is 1. The number of esters is 1. The molecular formula is C18H20N2O6. The molecule has 8 nitrogen and oxygen atoms in total. The number of aromatic nitrogens is 1. The standard InChI is InChI=1S/C18H20N2O6/c1-5-25-18(22)15-10(2)16(19-11(15)3)17(21)12(4)26-14-8-6-13(7-9-14)20(23)24/h6-9,12,19H,5H2,1-4H3/t12-/m0/s1. The van der Waals surface area contributed by atoms with Gasteiger partial charge >= 0.3 is 5.97 Å². The van der Waals surface area contributed by atoms with Crippen molar-refractivity contribution >= 4 is 17.4 Å². The molecule has 8 heteroatoms. The van der Waals surface area contributed by atoms with Gasteiger partial charge in [0.05, 0.1) is 22.8 Å². The Morgan fingerprint density at radius 2 is 1.85 bits per heavy atom. The fourth-order valence-electron chi connectivity index (χ4n) is 2.61. The maximum atomic E-state index is 12.7. The molecule has 1 aromatic heterocycles. The van der Waals surface area contributed by atoms with Gasteiger partial charge in [0.2, 0.25) is 5.78 Å². The average Bonchev–Trinajstić information content (AvgIpc) is 2.89. The van der Waals surface area contributed by atoms with Crippen molar-refractivity contribution in [2.24, 2.45) is 0 Å². The van der Waals surface area contributed by atoms with Gasteiger partial charge in [-0.1, -0.05) is 0 Å². The van der Waals surface area contributed by atoms with Crippen LogP contribution in [0.3, 0.4) is 0 Å². The molecule has 1 atom stereocenters. The fraction of sp³-hybridized carbons (Fsp3) is 0.333. The van der Waals surface area contributed by atoms with Crippen LogP contribution in [0, 0.1) is 24.0 Å². The third-order valence-electron chi connectivity index (χ3n) is 3.89. The molecule has 0 bridgehead atoms. The van der Waals surface area contributed by atoms with E-state index in [4.69, 9.17) is 9.47 Å². The van der Waals surface area contributed by atoms with Gasteiger partial charge < -0.3 is 14.5 Å². The lowest BCUT2D eigenvalue weighted by Gasteiger charge is -2.13. The van der Waals surface area contributed by atoms with Crippen LogP contribution in [0.25, 0.3) is 0 Å². The first kappa shape index (κ1) is 19.2. The summed E-state index contributed by atoms with van der Waals surface area (Å²) < 4.78 is 10.6. The van der Waals surface area contributed by atoms with Crippen molar-refractivity contribution in [1.29, 1.82) is 0 Å². The summed E-state index contributed by atoms with van der Waals surface area (Å²) in [5, 5.41) is 10.7. The number of nitro groups is 1. The molecule has 0 saturated carbocycles. The summed E-state index contributed by atoms with van der Waals surface area (Å²) in [6, 6.07) is 5.46. The highest BCUT2D eigenvalue weighted by atomic mass is 16.6. The van der Waals surface area contributed by atoms with E-state index in [1.165, 1.54) is 24.3 Å². The van der Waals surface area contributed by atoms with Crippen LogP contribution >= 0.6 is 0 Å². The monoisotopic (exact) mass is 360 g/mol.